The number of nitrogens with one attached hydrogen (secondary N) is 1. The monoisotopic (exact) mass is 303 g/mol. The van der Waals surface area contributed by atoms with Crippen LogP contribution in [0.1, 0.15) is 32.5 Å². The molecule has 0 amide bonds. The highest BCUT2D eigenvalue weighted by Gasteiger charge is 2.20. The number of hydrogen-bond acceptors (Lipinski definition) is 4. The van der Waals surface area contributed by atoms with Gasteiger partial charge < -0.3 is 14.6 Å². The zero-order valence-corrected chi connectivity index (χ0v) is 13.6. The summed E-state index contributed by atoms with van der Waals surface area (Å²) in [5.74, 6) is 0. The molecule has 6 nitrogen and oxygen atoms in total. The van der Waals surface area contributed by atoms with Gasteiger partial charge in [0.25, 0.3) is 0 Å². The lowest BCUT2D eigenvalue weighted by Gasteiger charge is -2.19. The number of aromatic nitrogens is 1. The van der Waals surface area contributed by atoms with Crippen LogP contribution in [0, 0.1) is 0 Å². The molecule has 20 heavy (non-hydrogen) atoms. The normalized spacial score (nSPS) is 14.2. The smallest absolute Gasteiger partial charge is 0.242 e. The molecule has 0 aliphatic rings. The minimum Gasteiger partial charge on any atom is -0.390 e. The summed E-state index contributed by atoms with van der Waals surface area (Å²) in [7, 11) is 0.259. The van der Waals surface area contributed by atoms with Gasteiger partial charge in [-0.2, -0.15) is 0 Å². The second-order valence-electron chi connectivity index (χ2n) is 5.49. The minimum absolute atomic E-state index is 0.0989. The average Bonchev–Trinajstić information content (AvgIpc) is 2.80. The molecule has 0 saturated heterocycles. The Balaban J connectivity index is 2.93. The summed E-state index contributed by atoms with van der Waals surface area (Å²) in [5, 5.41) is 9.29. The van der Waals surface area contributed by atoms with Gasteiger partial charge in [0.05, 0.1) is 11.5 Å². The molecule has 0 fully saturated rings. The van der Waals surface area contributed by atoms with Crippen molar-refractivity contribution in [3.8, 4) is 0 Å². The number of likely N-dealkylation sites (N-methyl/N-ethyl adjacent to an activating group) is 1. The molecule has 1 aromatic rings. The molecular formula is C13H25N3O3S. The molecule has 0 aliphatic heterocycles. The van der Waals surface area contributed by atoms with E-state index >= 15 is 0 Å². The van der Waals surface area contributed by atoms with Crippen molar-refractivity contribution in [2.24, 2.45) is 0 Å². The van der Waals surface area contributed by atoms with Crippen LogP contribution in [0.15, 0.2) is 17.2 Å². The summed E-state index contributed by atoms with van der Waals surface area (Å²) in [4.78, 5) is 2.14. The average molecular weight is 303 g/mol. The second kappa shape index (κ2) is 6.71. The number of hydrogen-bond donors (Lipinski definition) is 2. The predicted molar refractivity (Wildman–Crippen MR) is 79.1 cm³/mol. The van der Waals surface area contributed by atoms with Crippen LogP contribution in [0.25, 0.3) is 0 Å². The second-order valence-corrected chi connectivity index (χ2v) is 7.26. The van der Waals surface area contributed by atoms with Gasteiger partial charge in [0.1, 0.15) is 0 Å². The molecule has 0 spiro atoms. The molecule has 0 aromatic carbocycles. The summed E-state index contributed by atoms with van der Waals surface area (Å²) in [5.41, 5.74) is 0.598. The maximum atomic E-state index is 12.2. The van der Waals surface area contributed by atoms with Crippen molar-refractivity contribution in [3.05, 3.63) is 18.0 Å². The van der Waals surface area contributed by atoms with E-state index in [-0.39, 0.29) is 23.6 Å². The summed E-state index contributed by atoms with van der Waals surface area (Å²) in [6, 6.07) is 1.72. The first-order valence-corrected chi connectivity index (χ1v) is 8.15. The number of nitrogens with zero attached hydrogens (tertiary/aromatic N) is 2. The van der Waals surface area contributed by atoms with E-state index < -0.39 is 10.0 Å². The van der Waals surface area contributed by atoms with Crippen molar-refractivity contribution in [2.45, 2.75) is 44.4 Å². The third-order valence-corrected chi connectivity index (χ3v) is 4.78. The fourth-order valence-electron chi connectivity index (χ4n) is 1.75. The SMILES string of the molecule is CC(CNS(=O)(=O)c1cc(CO)n(C(C)C)c1)N(C)C. The molecule has 0 bridgehead atoms. The Kier molecular flexibility index (Phi) is 5.76. The first-order chi connectivity index (χ1) is 9.19. The Morgan fingerprint density at radius 3 is 2.35 bits per heavy atom. The Morgan fingerprint density at radius 2 is 1.95 bits per heavy atom. The van der Waals surface area contributed by atoms with Gasteiger partial charge in [0.15, 0.2) is 0 Å². The molecule has 1 atom stereocenters. The molecule has 2 N–H and O–H groups in total. The van der Waals surface area contributed by atoms with Gasteiger partial charge in [0, 0.05) is 30.5 Å². The van der Waals surface area contributed by atoms with Crippen molar-refractivity contribution in [1.29, 1.82) is 0 Å². The number of aliphatic hydroxyl groups excluding tert-OH is 1. The molecule has 0 radical (unpaired) electrons. The molecule has 1 aromatic heterocycles. The van der Waals surface area contributed by atoms with E-state index in [0.29, 0.717) is 12.2 Å². The summed E-state index contributed by atoms with van der Waals surface area (Å²) in [6.07, 6.45) is 1.57. The van der Waals surface area contributed by atoms with E-state index in [1.54, 1.807) is 10.8 Å². The van der Waals surface area contributed by atoms with Crippen LogP contribution in [0.3, 0.4) is 0 Å². The minimum atomic E-state index is -3.54. The van der Waals surface area contributed by atoms with Crippen LogP contribution < -0.4 is 4.72 Å². The zero-order valence-electron chi connectivity index (χ0n) is 12.8. The maximum absolute atomic E-state index is 12.2. The van der Waals surface area contributed by atoms with E-state index in [1.165, 1.54) is 6.07 Å². The molecule has 1 unspecified atom stereocenters. The standard InChI is InChI=1S/C13H25N3O3S/c1-10(2)16-8-13(6-12(16)9-17)20(18,19)14-7-11(3)15(4)5/h6,8,10-11,14,17H,7,9H2,1-5H3. The van der Waals surface area contributed by atoms with Gasteiger partial charge in [-0.15, -0.1) is 0 Å². The van der Waals surface area contributed by atoms with E-state index in [9.17, 15) is 13.5 Å². The van der Waals surface area contributed by atoms with Crippen LogP contribution in [0.2, 0.25) is 0 Å². The van der Waals surface area contributed by atoms with E-state index in [4.69, 9.17) is 0 Å². The van der Waals surface area contributed by atoms with Gasteiger partial charge in [0.2, 0.25) is 10.0 Å². The fraction of sp³-hybridized carbons (Fsp3) is 0.692. The van der Waals surface area contributed by atoms with Crippen LogP contribution in [0.5, 0.6) is 0 Å². The highest BCUT2D eigenvalue weighted by molar-refractivity contribution is 7.89. The van der Waals surface area contributed by atoms with Gasteiger partial charge in [-0.3, -0.25) is 0 Å². The number of sulfonamides is 1. The third-order valence-electron chi connectivity index (χ3n) is 3.39. The van der Waals surface area contributed by atoms with Gasteiger partial charge >= 0.3 is 0 Å². The lowest BCUT2D eigenvalue weighted by Crippen LogP contribution is -2.38. The van der Waals surface area contributed by atoms with Crippen LogP contribution in [-0.4, -0.2) is 49.7 Å². The molecule has 1 rings (SSSR count). The topological polar surface area (TPSA) is 74.6 Å². The van der Waals surface area contributed by atoms with Crippen molar-refractivity contribution >= 4 is 10.0 Å². The van der Waals surface area contributed by atoms with Crippen LogP contribution in [0.4, 0.5) is 0 Å². The predicted octanol–water partition coefficient (Wildman–Crippen LogP) is 0.790. The Bertz CT molecular complexity index is 535. The highest BCUT2D eigenvalue weighted by Crippen LogP contribution is 2.18. The van der Waals surface area contributed by atoms with Crippen molar-refractivity contribution in [2.75, 3.05) is 20.6 Å². The highest BCUT2D eigenvalue weighted by atomic mass is 32.2. The lowest BCUT2D eigenvalue weighted by molar-refractivity contribution is 0.268. The largest absolute Gasteiger partial charge is 0.390 e. The van der Waals surface area contributed by atoms with Gasteiger partial charge in [-0.25, -0.2) is 13.1 Å². The van der Waals surface area contributed by atoms with E-state index in [2.05, 4.69) is 4.72 Å². The summed E-state index contributed by atoms with van der Waals surface area (Å²) < 4.78 is 28.8. The molecule has 0 aliphatic carbocycles. The molecule has 116 valence electrons. The molecule has 1 heterocycles. The van der Waals surface area contributed by atoms with E-state index in [0.717, 1.165) is 0 Å². The number of aliphatic hydroxyl groups is 1. The first-order valence-electron chi connectivity index (χ1n) is 6.66. The Labute approximate surface area is 121 Å². The van der Waals surface area contributed by atoms with Crippen LogP contribution >= 0.6 is 0 Å². The first kappa shape index (κ1) is 17.2. The summed E-state index contributed by atoms with van der Waals surface area (Å²) >= 11 is 0. The molecule has 0 saturated carbocycles. The lowest BCUT2D eigenvalue weighted by atomic mass is 10.3. The van der Waals surface area contributed by atoms with E-state index in [1.807, 2.05) is 39.8 Å². The quantitative estimate of drug-likeness (QED) is 0.781. The number of rotatable bonds is 7. The zero-order chi connectivity index (χ0) is 15.5. The van der Waals surface area contributed by atoms with Gasteiger partial charge in [-0.1, -0.05) is 0 Å². The summed E-state index contributed by atoms with van der Waals surface area (Å²) in [6.45, 7) is 5.99. The molecular weight excluding hydrogens is 278 g/mol. The molecule has 7 heteroatoms. The van der Waals surface area contributed by atoms with Crippen molar-refractivity contribution in [3.63, 3.8) is 0 Å². The third kappa shape index (κ3) is 4.05. The van der Waals surface area contributed by atoms with Crippen molar-refractivity contribution < 1.29 is 13.5 Å². The maximum Gasteiger partial charge on any atom is 0.242 e. The van der Waals surface area contributed by atoms with Crippen LogP contribution in [-0.2, 0) is 16.6 Å². The Morgan fingerprint density at radius 1 is 1.35 bits per heavy atom. The van der Waals surface area contributed by atoms with Gasteiger partial charge in [-0.05, 0) is 40.9 Å². The fourth-order valence-corrected chi connectivity index (χ4v) is 2.92. The van der Waals surface area contributed by atoms with Crippen molar-refractivity contribution in [1.82, 2.24) is 14.2 Å². The Hall–Kier alpha value is -0.890.